The van der Waals surface area contributed by atoms with Gasteiger partial charge in [-0.05, 0) is 20.8 Å². The second-order valence-corrected chi connectivity index (χ2v) is 3.91. The predicted molar refractivity (Wildman–Crippen MR) is 60.2 cm³/mol. The van der Waals surface area contributed by atoms with Crippen molar-refractivity contribution in [1.82, 2.24) is 0 Å². The summed E-state index contributed by atoms with van der Waals surface area (Å²) in [6, 6.07) is 0. The summed E-state index contributed by atoms with van der Waals surface area (Å²) in [5, 5.41) is 0. The average molecular weight is 226 g/mol. The molecule has 0 aromatic carbocycles. The van der Waals surface area contributed by atoms with Crippen molar-refractivity contribution in [1.29, 1.82) is 0 Å². The van der Waals surface area contributed by atoms with Crippen LogP contribution in [0.3, 0.4) is 0 Å². The first kappa shape index (κ1) is 14.7. The third-order valence-corrected chi connectivity index (χ3v) is 2.19. The van der Waals surface area contributed by atoms with Gasteiger partial charge in [0, 0.05) is 12.8 Å². The molecule has 0 heterocycles. The van der Waals surface area contributed by atoms with Crippen LogP contribution in [0.2, 0.25) is 0 Å². The molecule has 0 fully saturated rings. The zero-order chi connectivity index (χ0) is 12.8. The summed E-state index contributed by atoms with van der Waals surface area (Å²) in [6.45, 7) is 7.68. The smallest absolute Gasteiger partial charge is 0.162 e. The fraction of sp³-hybridized carbons (Fsp3) is 0.583. The van der Waals surface area contributed by atoms with Crippen molar-refractivity contribution in [3.8, 4) is 0 Å². The van der Waals surface area contributed by atoms with Gasteiger partial charge in [-0.15, -0.1) is 6.58 Å². The van der Waals surface area contributed by atoms with Gasteiger partial charge in [-0.2, -0.15) is 0 Å². The predicted octanol–water partition coefficient (Wildman–Crippen LogP) is 1.48. The molecule has 0 rings (SSSR count). The highest BCUT2D eigenvalue weighted by atomic mass is 16.5. The maximum Gasteiger partial charge on any atom is 0.162 e. The van der Waals surface area contributed by atoms with Gasteiger partial charge in [-0.3, -0.25) is 14.4 Å². The molecule has 0 bridgehead atoms. The second kappa shape index (κ2) is 6.33. The Kier molecular flexibility index (Phi) is 5.82. The number of rotatable bonds is 8. The van der Waals surface area contributed by atoms with E-state index in [2.05, 4.69) is 6.58 Å². The van der Waals surface area contributed by atoms with Crippen molar-refractivity contribution in [2.45, 2.75) is 39.2 Å². The molecule has 0 N–H and O–H groups in total. The van der Waals surface area contributed by atoms with E-state index in [1.165, 1.54) is 26.8 Å². The monoisotopic (exact) mass is 226 g/mol. The minimum Gasteiger partial charge on any atom is -0.362 e. The van der Waals surface area contributed by atoms with Crippen molar-refractivity contribution in [3.05, 3.63) is 12.7 Å². The van der Waals surface area contributed by atoms with Gasteiger partial charge >= 0.3 is 0 Å². The van der Waals surface area contributed by atoms with Gasteiger partial charge in [0.2, 0.25) is 0 Å². The lowest BCUT2D eigenvalue weighted by Gasteiger charge is -2.29. The number of ether oxygens (including phenoxy) is 1. The molecule has 0 aliphatic carbocycles. The summed E-state index contributed by atoms with van der Waals surface area (Å²) < 4.78 is 5.35. The van der Waals surface area contributed by atoms with Gasteiger partial charge in [-0.25, -0.2) is 0 Å². The Labute approximate surface area is 95.7 Å². The number of hydrogen-bond donors (Lipinski definition) is 0. The van der Waals surface area contributed by atoms with Crippen LogP contribution >= 0.6 is 0 Å². The largest absolute Gasteiger partial charge is 0.362 e. The maximum absolute atomic E-state index is 11.6. The molecule has 0 spiro atoms. The standard InChI is InChI=1S/C12H18O4/c1-5-6-16-12(11(4)15,7-9(2)13)8-10(3)14/h5H,1,6-8H2,2-4H3. The third kappa shape index (κ3) is 4.49. The molecular formula is C12H18O4. The molecule has 0 unspecified atom stereocenters. The van der Waals surface area contributed by atoms with E-state index in [1.54, 1.807) is 0 Å². The van der Waals surface area contributed by atoms with E-state index in [-0.39, 0.29) is 36.8 Å². The summed E-state index contributed by atoms with van der Waals surface area (Å²) in [5.74, 6) is -0.666. The molecular weight excluding hydrogens is 208 g/mol. The molecule has 0 aromatic rings. The zero-order valence-electron chi connectivity index (χ0n) is 10.0. The normalized spacial score (nSPS) is 10.9. The van der Waals surface area contributed by atoms with Crippen molar-refractivity contribution in [2.24, 2.45) is 0 Å². The van der Waals surface area contributed by atoms with E-state index in [1.807, 2.05) is 0 Å². The lowest BCUT2D eigenvalue weighted by molar-refractivity contribution is -0.150. The quantitative estimate of drug-likeness (QED) is 0.588. The fourth-order valence-corrected chi connectivity index (χ4v) is 1.54. The lowest BCUT2D eigenvalue weighted by atomic mass is 9.87. The van der Waals surface area contributed by atoms with E-state index < -0.39 is 5.60 Å². The first-order chi connectivity index (χ1) is 7.34. The third-order valence-electron chi connectivity index (χ3n) is 2.19. The molecule has 4 heteroatoms. The average Bonchev–Trinajstić information content (AvgIpc) is 2.11. The van der Waals surface area contributed by atoms with Gasteiger partial charge in [-0.1, -0.05) is 6.08 Å². The summed E-state index contributed by atoms with van der Waals surface area (Å²) in [6.07, 6.45) is 1.34. The topological polar surface area (TPSA) is 60.4 Å². The van der Waals surface area contributed by atoms with Crippen molar-refractivity contribution >= 4 is 17.3 Å². The molecule has 90 valence electrons. The van der Waals surface area contributed by atoms with Crippen molar-refractivity contribution in [2.75, 3.05) is 6.61 Å². The van der Waals surface area contributed by atoms with Crippen LogP contribution in [0.25, 0.3) is 0 Å². The summed E-state index contributed by atoms with van der Waals surface area (Å²) in [5.41, 5.74) is -1.31. The molecule has 0 radical (unpaired) electrons. The zero-order valence-corrected chi connectivity index (χ0v) is 10.0. The number of carbonyl (C=O) groups excluding carboxylic acids is 3. The highest BCUT2D eigenvalue weighted by molar-refractivity contribution is 5.95. The van der Waals surface area contributed by atoms with Crippen LogP contribution in [0.15, 0.2) is 12.7 Å². The highest BCUT2D eigenvalue weighted by Gasteiger charge is 2.38. The minimum absolute atomic E-state index is 0.0737. The molecule has 0 saturated carbocycles. The molecule has 0 atom stereocenters. The van der Waals surface area contributed by atoms with Gasteiger partial charge in [0.1, 0.15) is 17.2 Å². The van der Waals surface area contributed by atoms with E-state index in [9.17, 15) is 14.4 Å². The summed E-state index contributed by atoms with van der Waals surface area (Å²) in [4.78, 5) is 33.9. The van der Waals surface area contributed by atoms with Gasteiger partial charge < -0.3 is 4.74 Å². The van der Waals surface area contributed by atoms with Gasteiger partial charge in [0.25, 0.3) is 0 Å². The van der Waals surface area contributed by atoms with Crippen LogP contribution in [0.5, 0.6) is 0 Å². The Bertz CT molecular complexity index is 288. The Morgan fingerprint density at radius 3 is 1.81 bits per heavy atom. The van der Waals surface area contributed by atoms with E-state index in [4.69, 9.17) is 4.74 Å². The van der Waals surface area contributed by atoms with Crippen molar-refractivity contribution < 1.29 is 19.1 Å². The van der Waals surface area contributed by atoms with Gasteiger partial charge in [0.15, 0.2) is 5.78 Å². The lowest BCUT2D eigenvalue weighted by Crippen LogP contribution is -2.43. The molecule has 4 nitrogen and oxygen atoms in total. The maximum atomic E-state index is 11.6. The molecule has 0 saturated heterocycles. The van der Waals surface area contributed by atoms with E-state index >= 15 is 0 Å². The van der Waals surface area contributed by atoms with E-state index in [0.29, 0.717) is 0 Å². The number of ketones is 3. The first-order valence-electron chi connectivity index (χ1n) is 5.09. The SMILES string of the molecule is C=CCOC(CC(C)=O)(CC(C)=O)C(C)=O. The molecule has 0 amide bonds. The van der Waals surface area contributed by atoms with Crippen LogP contribution in [-0.2, 0) is 19.1 Å². The molecule has 16 heavy (non-hydrogen) atoms. The van der Waals surface area contributed by atoms with Crippen LogP contribution < -0.4 is 0 Å². The van der Waals surface area contributed by atoms with Crippen LogP contribution in [-0.4, -0.2) is 29.6 Å². The van der Waals surface area contributed by atoms with Crippen molar-refractivity contribution in [3.63, 3.8) is 0 Å². The van der Waals surface area contributed by atoms with Crippen LogP contribution in [0.4, 0.5) is 0 Å². The minimum atomic E-state index is -1.31. The number of Topliss-reactive ketones (excluding diaryl/α,β-unsaturated/α-hetero) is 3. The number of hydrogen-bond acceptors (Lipinski definition) is 4. The fourth-order valence-electron chi connectivity index (χ4n) is 1.54. The molecule has 0 aliphatic heterocycles. The molecule has 0 aromatic heterocycles. The molecule has 0 aliphatic rings. The highest BCUT2D eigenvalue weighted by Crippen LogP contribution is 2.23. The summed E-state index contributed by atoms with van der Waals surface area (Å²) >= 11 is 0. The van der Waals surface area contributed by atoms with Gasteiger partial charge in [0.05, 0.1) is 6.61 Å². The van der Waals surface area contributed by atoms with E-state index in [0.717, 1.165) is 0 Å². The second-order valence-electron chi connectivity index (χ2n) is 3.91. The number of carbonyl (C=O) groups is 3. The Morgan fingerprint density at radius 1 is 1.12 bits per heavy atom. The Balaban J connectivity index is 5.02. The van der Waals surface area contributed by atoms with Crippen LogP contribution in [0.1, 0.15) is 33.6 Å². The Hall–Kier alpha value is -1.29. The Morgan fingerprint density at radius 2 is 1.56 bits per heavy atom. The van der Waals surface area contributed by atoms with Crippen LogP contribution in [0, 0.1) is 0 Å². The summed E-state index contributed by atoms with van der Waals surface area (Å²) in [7, 11) is 0. The first-order valence-corrected chi connectivity index (χ1v) is 5.09.